The molecule has 2 fully saturated rings. The predicted octanol–water partition coefficient (Wildman–Crippen LogP) is 5.23. The van der Waals surface area contributed by atoms with Gasteiger partial charge in [-0.3, -0.25) is 24.1 Å². The molecule has 30 nitrogen and oxygen atoms in total. The van der Waals surface area contributed by atoms with E-state index in [0.717, 1.165) is 56.7 Å². The molecule has 35 heteroatoms. The van der Waals surface area contributed by atoms with Crippen LogP contribution in [0, 0.1) is 0 Å². The summed E-state index contributed by atoms with van der Waals surface area (Å²) >= 11 is 4.56. The maximum absolute atomic E-state index is 15.2. The Balaban J connectivity index is 0.994. The highest BCUT2D eigenvalue weighted by Gasteiger charge is 2.54. The minimum atomic E-state index is -1.83. The molecular weight excluding hydrogens is 1310 g/mol. The van der Waals surface area contributed by atoms with Gasteiger partial charge in [-0.15, -0.1) is 56.7 Å². The van der Waals surface area contributed by atoms with Crippen LogP contribution in [0.2, 0.25) is 0 Å². The number of benzene rings is 1. The van der Waals surface area contributed by atoms with Crippen LogP contribution < -0.4 is 21.3 Å². The molecule has 8 aromatic rings. The third-order valence-corrected chi connectivity index (χ3v) is 20.7. The van der Waals surface area contributed by atoms with Crippen molar-refractivity contribution in [1.82, 2.24) is 60.8 Å². The van der Waals surface area contributed by atoms with Crippen molar-refractivity contribution in [3.63, 3.8) is 0 Å². The van der Waals surface area contributed by atoms with Crippen molar-refractivity contribution in [3.05, 3.63) is 112 Å². The first-order valence-corrected chi connectivity index (χ1v) is 32.8. The Kier molecular flexibility index (Phi) is 16.9. The molecular formula is C58H54N12O18S5. The Hall–Kier alpha value is -8.75. The van der Waals surface area contributed by atoms with Crippen molar-refractivity contribution in [2.45, 2.75) is 108 Å². The zero-order valence-electron chi connectivity index (χ0n) is 49.6. The summed E-state index contributed by atoms with van der Waals surface area (Å²) in [5, 5.41) is 62.9. The number of aliphatic hydroxyl groups excluding tert-OH is 1. The number of nitrogens with zero attached hydrogens (tertiary/aromatic N) is 8. The van der Waals surface area contributed by atoms with Gasteiger partial charge in [0, 0.05) is 49.8 Å². The van der Waals surface area contributed by atoms with Gasteiger partial charge in [0.15, 0.2) is 23.8 Å². The van der Waals surface area contributed by atoms with Gasteiger partial charge in [0.25, 0.3) is 17.7 Å². The van der Waals surface area contributed by atoms with Crippen molar-refractivity contribution in [1.29, 1.82) is 0 Å². The van der Waals surface area contributed by atoms with Gasteiger partial charge in [-0.25, -0.2) is 44.3 Å². The molecule has 7 aromatic heterocycles. The molecule has 0 saturated carbocycles. The largest absolute Gasteiger partial charge is 0.506 e. The van der Waals surface area contributed by atoms with Crippen LogP contribution in [0.5, 0.6) is 5.75 Å². The highest BCUT2D eigenvalue weighted by Crippen LogP contribution is 2.44. The van der Waals surface area contributed by atoms with Gasteiger partial charge >= 0.3 is 17.9 Å². The lowest BCUT2D eigenvalue weighted by Gasteiger charge is -2.45. The van der Waals surface area contributed by atoms with Gasteiger partial charge in [0.1, 0.15) is 114 Å². The van der Waals surface area contributed by atoms with E-state index in [-0.39, 0.29) is 118 Å². The van der Waals surface area contributed by atoms with E-state index in [9.17, 15) is 44.5 Å². The van der Waals surface area contributed by atoms with Crippen molar-refractivity contribution in [3.8, 4) is 38.4 Å². The molecule has 2 saturated heterocycles. The Morgan fingerprint density at radius 3 is 2.27 bits per heavy atom. The minimum absolute atomic E-state index is 0.00103. The molecule has 4 amide bonds. The molecule has 1 aromatic carbocycles. The lowest BCUT2D eigenvalue weighted by atomic mass is 9.86. The third-order valence-electron chi connectivity index (χ3n) is 16.2. The monoisotopic (exact) mass is 1370 g/mol. The molecule has 10 unspecified atom stereocenters. The maximum atomic E-state index is 15.2. The number of hydrogen-bond acceptors (Lipinski definition) is 29. The number of carbonyl (C=O) groups excluding carboxylic acids is 6. The lowest BCUT2D eigenvalue weighted by molar-refractivity contribution is -0.268. The molecule has 5 aliphatic rings. The standard InChI is InChI=1S/C58H54N12O18S5/c1-21(71)37-49(76)67-38(22(2)82-6)52-62-31(18-91-52)48(75)68-41-43-44(88-35-11-58(4)45(23(3)87-35)69(5)20-86-58)57(80)84-12-24-8-7-9-33-36(24)26(13-83-43)42(70(33)81)56(79)85-14-27(59-46(73)29-17-92-54(41)63-29)51-60-28(15-90-51)39-25(50-61-30(16-89-50)47(74)66-37)10-34(72)40(65-39)53-64-32(19-93-53)55(77)78/h7-10,15-19,21,23,27,35,37,41,43-45,71-72,81H,11-14,20H2,1-6H3,(H,59,73)(H,66,74)(H,67,76)(H,68,75)(H,77,78)/b38-22+. The average molecular weight is 1370 g/mol. The lowest BCUT2D eigenvalue weighted by Crippen LogP contribution is -2.58. The fraction of sp³-hybridized carbons (Fsp3) is 0.362. The summed E-state index contributed by atoms with van der Waals surface area (Å²) in [6, 6.07) is 1.19. The number of allylic oxidation sites excluding steroid dienone is 1. The number of fused-ring (bicyclic) bond motifs is 16. The number of likely N-dealkylation sites (N-methyl/N-ethyl adjacent to an activating group) is 1. The number of aliphatic hydroxyl groups is 1. The van der Waals surface area contributed by atoms with Gasteiger partial charge in [-0.2, -0.15) is 4.73 Å². The Bertz CT molecular complexity index is 4400. The number of hydrogen-bond donors (Lipinski definition) is 8. The Labute approximate surface area is 545 Å². The summed E-state index contributed by atoms with van der Waals surface area (Å²) < 4.78 is 44.8. The molecule has 93 heavy (non-hydrogen) atoms. The smallest absolute Gasteiger partial charge is 0.358 e. The van der Waals surface area contributed by atoms with E-state index in [2.05, 4.69) is 36.2 Å². The first kappa shape index (κ1) is 63.0. The topological polar surface area (TPSA) is 399 Å². The normalized spacial score (nSPS) is 25.5. The molecule has 0 spiro atoms. The van der Waals surface area contributed by atoms with Crippen LogP contribution in [-0.2, 0) is 56.0 Å². The maximum Gasteiger partial charge on any atom is 0.358 e. The second-order valence-corrected chi connectivity index (χ2v) is 26.7. The number of aromatic nitrogens is 7. The summed E-state index contributed by atoms with van der Waals surface area (Å²) in [5.74, 6) is -7.49. The van der Waals surface area contributed by atoms with E-state index in [1.54, 1.807) is 12.1 Å². The van der Waals surface area contributed by atoms with Crippen LogP contribution in [0.25, 0.3) is 49.3 Å². The summed E-state index contributed by atoms with van der Waals surface area (Å²) in [6.07, 6.45) is -6.70. The van der Waals surface area contributed by atoms with Crippen LogP contribution in [0.4, 0.5) is 0 Å². The van der Waals surface area contributed by atoms with Gasteiger partial charge < -0.3 is 75.0 Å². The fourth-order valence-corrected chi connectivity index (χ4v) is 15.9. The number of amides is 4. The minimum Gasteiger partial charge on any atom is -0.506 e. The molecule has 12 heterocycles. The van der Waals surface area contributed by atoms with Gasteiger partial charge in [0.05, 0.1) is 49.8 Å². The summed E-state index contributed by atoms with van der Waals surface area (Å²) in [5.41, 5.74) is -1.96. The van der Waals surface area contributed by atoms with Gasteiger partial charge in [-0.05, 0) is 52.4 Å². The number of aromatic hydroxyl groups is 1. The summed E-state index contributed by atoms with van der Waals surface area (Å²) in [6.45, 7) is 5.10. The second-order valence-electron chi connectivity index (χ2n) is 22.4. The van der Waals surface area contributed by atoms with Crippen molar-refractivity contribution >= 4 is 115 Å². The Morgan fingerprint density at radius 2 is 1.52 bits per heavy atom. The molecule has 8 N–H and O–H groups in total. The number of ether oxygens (including phenoxy) is 7. The van der Waals surface area contributed by atoms with Crippen molar-refractivity contribution in [2.24, 2.45) is 0 Å². The first-order chi connectivity index (χ1) is 44.6. The van der Waals surface area contributed by atoms with Crippen LogP contribution in [-0.4, -0.2) is 177 Å². The van der Waals surface area contributed by atoms with Crippen LogP contribution in [0.1, 0.15) is 125 Å². The number of thiazole rings is 5. The fourth-order valence-electron chi connectivity index (χ4n) is 11.8. The van der Waals surface area contributed by atoms with Crippen molar-refractivity contribution in [2.75, 3.05) is 27.5 Å². The molecule has 0 aliphatic carbocycles. The van der Waals surface area contributed by atoms with Crippen molar-refractivity contribution < 1.29 is 87.2 Å². The number of esters is 2. The predicted molar refractivity (Wildman–Crippen MR) is 329 cm³/mol. The number of cyclic esters (lactones) is 2. The van der Waals surface area contributed by atoms with E-state index in [4.69, 9.17) is 48.1 Å². The second kappa shape index (κ2) is 24.9. The highest BCUT2D eigenvalue weighted by atomic mass is 32.1. The molecule has 13 rings (SSSR count). The SMILES string of the molecule is CO/C(C)=C1/NC(=O)C(C(C)O)NC(=O)c2csc(n2)-c2cc(O)c(-c3nc(C(=O)O)cs3)nc2-c2csc(n2)C2COC(=O)c3c4c5c(cccc5n3O)COC(=O)C(OC3CC5(C)OCN(C)C5C(C)O3)C(OC4)C(NC(=O)c3csc1n3)c1nc(cs1)C(=O)N2. The van der Waals surface area contributed by atoms with Crippen LogP contribution in [0.15, 0.2) is 56.9 Å². The molecule has 12 bridgehead atoms. The van der Waals surface area contributed by atoms with Crippen LogP contribution >= 0.6 is 56.7 Å². The molecule has 0 radical (unpaired) electrons. The van der Waals surface area contributed by atoms with E-state index < -0.39 is 127 Å². The average Bonchev–Trinajstić information content (AvgIpc) is 1.67. The number of carbonyl (C=O) groups is 7. The number of nitrogens with one attached hydrogen (secondary N) is 4. The molecule has 5 aliphatic heterocycles. The number of pyridine rings is 1. The van der Waals surface area contributed by atoms with E-state index >= 15 is 9.59 Å². The van der Waals surface area contributed by atoms with E-state index in [0.29, 0.717) is 10.3 Å². The number of rotatable bonds is 6. The number of methoxy groups -OCH3 is 1. The van der Waals surface area contributed by atoms with Gasteiger partial charge in [-0.1, -0.05) is 12.1 Å². The highest BCUT2D eigenvalue weighted by molar-refractivity contribution is 7.14. The first-order valence-electron chi connectivity index (χ1n) is 28.4. The molecule has 10 atom stereocenters. The zero-order valence-corrected chi connectivity index (χ0v) is 53.6. The zero-order chi connectivity index (χ0) is 65.5. The van der Waals surface area contributed by atoms with Crippen LogP contribution in [0.3, 0.4) is 0 Å². The summed E-state index contributed by atoms with van der Waals surface area (Å²) in [4.78, 5) is 130. The van der Waals surface area contributed by atoms with Gasteiger partial charge in [0.2, 0.25) is 5.91 Å². The quantitative estimate of drug-likeness (QED) is 0.0600. The van der Waals surface area contributed by atoms with E-state index in [1.807, 2.05) is 25.8 Å². The Morgan fingerprint density at radius 1 is 0.828 bits per heavy atom. The summed E-state index contributed by atoms with van der Waals surface area (Å²) in [7, 11) is 3.21. The van der Waals surface area contributed by atoms with E-state index in [1.165, 1.54) is 60.0 Å². The number of aromatic carboxylic acids is 1. The number of carboxylic acids is 1. The third kappa shape index (κ3) is 11.8. The number of carboxylic acid groups (broad SMARTS) is 1. The molecule has 484 valence electrons.